The zero-order valence-electron chi connectivity index (χ0n) is 8.79. The molecule has 2 aromatic carbocycles. The highest BCUT2D eigenvalue weighted by Gasteiger charge is 2.05. The molecular formula is C13H9BrClFO. The number of benzene rings is 2. The van der Waals surface area contributed by atoms with Crippen LogP contribution in [0.2, 0.25) is 5.02 Å². The van der Waals surface area contributed by atoms with Gasteiger partial charge in [0.05, 0.1) is 5.02 Å². The molecule has 0 aliphatic rings. The molecule has 0 bridgehead atoms. The number of halogens is 3. The highest BCUT2D eigenvalue weighted by atomic mass is 79.9. The molecule has 2 aromatic rings. The third kappa shape index (κ3) is 3.20. The van der Waals surface area contributed by atoms with Gasteiger partial charge in [0, 0.05) is 10.0 Å². The van der Waals surface area contributed by atoms with Crippen molar-refractivity contribution in [2.75, 3.05) is 0 Å². The molecule has 4 heteroatoms. The standard InChI is InChI=1S/C13H9BrClFO/c14-10-6-5-9(12(16)7-10)8-17-13-4-2-1-3-11(13)15/h1-7H,8H2. The second-order valence-electron chi connectivity index (χ2n) is 3.45. The summed E-state index contributed by atoms with van der Waals surface area (Å²) in [5, 5.41) is 0.519. The van der Waals surface area contributed by atoms with Crippen LogP contribution < -0.4 is 4.74 Å². The van der Waals surface area contributed by atoms with Crippen LogP contribution in [0.1, 0.15) is 5.56 Å². The van der Waals surface area contributed by atoms with E-state index in [1.54, 1.807) is 24.3 Å². The average Bonchev–Trinajstić information content (AvgIpc) is 2.30. The molecule has 2 rings (SSSR count). The Kier molecular flexibility index (Phi) is 4.02. The summed E-state index contributed by atoms with van der Waals surface area (Å²) < 4.78 is 19.7. The normalized spacial score (nSPS) is 10.3. The van der Waals surface area contributed by atoms with Crippen LogP contribution in [-0.4, -0.2) is 0 Å². The molecule has 0 atom stereocenters. The van der Waals surface area contributed by atoms with Crippen LogP contribution in [0.15, 0.2) is 46.9 Å². The Morgan fingerprint density at radius 2 is 1.94 bits per heavy atom. The van der Waals surface area contributed by atoms with Crippen molar-refractivity contribution >= 4 is 27.5 Å². The van der Waals surface area contributed by atoms with E-state index in [1.165, 1.54) is 6.07 Å². The van der Waals surface area contributed by atoms with E-state index in [0.717, 1.165) is 0 Å². The number of ether oxygens (including phenoxy) is 1. The summed E-state index contributed by atoms with van der Waals surface area (Å²) in [5.74, 6) is 0.253. The third-order valence-electron chi connectivity index (χ3n) is 2.23. The van der Waals surface area contributed by atoms with E-state index in [0.29, 0.717) is 20.8 Å². The molecule has 0 amide bonds. The monoisotopic (exact) mass is 314 g/mol. The number of para-hydroxylation sites is 1. The van der Waals surface area contributed by atoms with Crippen LogP contribution in [0.25, 0.3) is 0 Å². The Balaban J connectivity index is 2.10. The van der Waals surface area contributed by atoms with Crippen LogP contribution in [0, 0.1) is 5.82 Å². The molecule has 0 N–H and O–H groups in total. The van der Waals surface area contributed by atoms with Gasteiger partial charge in [-0.15, -0.1) is 0 Å². The smallest absolute Gasteiger partial charge is 0.138 e. The van der Waals surface area contributed by atoms with Gasteiger partial charge in [-0.25, -0.2) is 4.39 Å². The predicted molar refractivity (Wildman–Crippen MR) is 69.9 cm³/mol. The Bertz CT molecular complexity index is 531. The first-order chi connectivity index (χ1) is 8.16. The van der Waals surface area contributed by atoms with Gasteiger partial charge in [0.2, 0.25) is 0 Å². The van der Waals surface area contributed by atoms with Gasteiger partial charge in [0.25, 0.3) is 0 Å². The second kappa shape index (κ2) is 5.52. The Morgan fingerprint density at radius 3 is 2.65 bits per heavy atom. The topological polar surface area (TPSA) is 9.23 Å². The number of hydrogen-bond donors (Lipinski definition) is 0. The van der Waals surface area contributed by atoms with Crippen molar-refractivity contribution < 1.29 is 9.13 Å². The first-order valence-electron chi connectivity index (χ1n) is 4.98. The van der Waals surface area contributed by atoms with Crippen LogP contribution in [0.3, 0.4) is 0 Å². The van der Waals surface area contributed by atoms with Crippen LogP contribution in [-0.2, 0) is 6.61 Å². The lowest BCUT2D eigenvalue weighted by Crippen LogP contribution is -1.98. The lowest BCUT2D eigenvalue weighted by Gasteiger charge is -2.08. The van der Waals surface area contributed by atoms with Crippen molar-refractivity contribution in [3.8, 4) is 5.75 Å². The minimum Gasteiger partial charge on any atom is -0.487 e. The molecule has 0 aliphatic carbocycles. The molecule has 0 radical (unpaired) electrons. The average molecular weight is 316 g/mol. The second-order valence-corrected chi connectivity index (χ2v) is 4.78. The third-order valence-corrected chi connectivity index (χ3v) is 3.04. The van der Waals surface area contributed by atoms with Crippen molar-refractivity contribution in [1.29, 1.82) is 0 Å². The van der Waals surface area contributed by atoms with Crippen LogP contribution in [0.5, 0.6) is 5.75 Å². The molecule has 0 unspecified atom stereocenters. The predicted octanol–water partition coefficient (Wildman–Crippen LogP) is 4.82. The summed E-state index contributed by atoms with van der Waals surface area (Å²) in [6.45, 7) is 0.156. The zero-order valence-corrected chi connectivity index (χ0v) is 11.1. The Hall–Kier alpha value is -1.06. The number of rotatable bonds is 3. The van der Waals surface area contributed by atoms with E-state index < -0.39 is 0 Å². The largest absolute Gasteiger partial charge is 0.487 e. The molecule has 0 aromatic heterocycles. The van der Waals surface area contributed by atoms with E-state index in [4.69, 9.17) is 16.3 Å². The van der Waals surface area contributed by atoms with Gasteiger partial charge < -0.3 is 4.74 Å². The highest BCUT2D eigenvalue weighted by Crippen LogP contribution is 2.24. The molecule has 0 fully saturated rings. The molecular weight excluding hydrogens is 306 g/mol. The van der Waals surface area contributed by atoms with Crippen LogP contribution in [0.4, 0.5) is 4.39 Å². The maximum atomic E-state index is 13.5. The highest BCUT2D eigenvalue weighted by molar-refractivity contribution is 9.10. The van der Waals surface area contributed by atoms with Gasteiger partial charge >= 0.3 is 0 Å². The Labute approximate surface area is 112 Å². The molecule has 88 valence electrons. The van der Waals surface area contributed by atoms with Crippen molar-refractivity contribution in [1.82, 2.24) is 0 Å². The van der Waals surface area contributed by atoms with Gasteiger partial charge in [-0.2, -0.15) is 0 Å². The molecule has 0 saturated heterocycles. The quantitative estimate of drug-likeness (QED) is 0.789. The fourth-order valence-electron chi connectivity index (χ4n) is 1.36. The first kappa shape index (κ1) is 12.4. The van der Waals surface area contributed by atoms with Crippen LogP contribution >= 0.6 is 27.5 Å². The van der Waals surface area contributed by atoms with E-state index in [9.17, 15) is 4.39 Å². The maximum absolute atomic E-state index is 13.5. The summed E-state index contributed by atoms with van der Waals surface area (Å²) in [6.07, 6.45) is 0. The van der Waals surface area contributed by atoms with Gasteiger partial charge in [-0.05, 0) is 24.3 Å². The maximum Gasteiger partial charge on any atom is 0.138 e. The van der Waals surface area contributed by atoms with E-state index in [1.807, 2.05) is 12.1 Å². The summed E-state index contributed by atoms with van der Waals surface area (Å²) >= 11 is 9.13. The lowest BCUT2D eigenvalue weighted by molar-refractivity contribution is 0.300. The molecule has 0 heterocycles. The fraction of sp³-hybridized carbons (Fsp3) is 0.0769. The minimum absolute atomic E-state index is 0.156. The van der Waals surface area contributed by atoms with E-state index in [2.05, 4.69) is 15.9 Å². The lowest BCUT2D eigenvalue weighted by atomic mass is 10.2. The molecule has 17 heavy (non-hydrogen) atoms. The van der Waals surface area contributed by atoms with Crippen molar-refractivity contribution in [2.45, 2.75) is 6.61 Å². The summed E-state index contributed by atoms with van der Waals surface area (Å²) in [5.41, 5.74) is 0.494. The molecule has 0 aliphatic heterocycles. The minimum atomic E-state index is -0.300. The summed E-state index contributed by atoms with van der Waals surface area (Å²) in [4.78, 5) is 0. The summed E-state index contributed by atoms with van der Waals surface area (Å²) in [6, 6.07) is 12.0. The summed E-state index contributed by atoms with van der Waals surface area (Å²) in [7, 11) is 0. The fourth-order valence-corrected chi connectivity index (χ4v) is 1.88. The SMILES string of the molecule is Fc1cc(Br)ccc1COc1ccccc1Cl. The van der Waals surface area contributed by atoms with Gasteiger partial charge in [0.15, 0.2) is 0 Å². The Morgan fingerprint density at radius 1 is 1.18 bits per heavy atom. The number of hydrogen-bond acceptors (Lipinski definition) is 1. The van der Waals surface area contributed by atoms with Crippen molar-refractivity contribution in [2.24, 2.45) is 0 Å². The molecule has 1 nitrogen and oxygen atoms in total. The first-order valence-corrected chi connectivity index (χ1v) is 6.15. The van der Waals surface area contributed by atoms with Gasteiger partial charge in [-0.1, -0.05) is 45.7 Å². The molecule has 0 saturated carbocycles. The molecule has 0 spiro atoms. The van der Waals surface area contributed by atoms with Crippen molar-refractivity contribution in [3.05, 3.63) is 63.3 Å². The van der Waals surface area contributed by atoms with Gasteiger partial charge in [-0.3, -0.25) is 0 Å². The van der Waals surface area contributed by atoms with Crippen molar-refractivity contribution in [3.63, 3.8) is 0 Å². The van der Waals surface area contributed by atoms with E-state index >= 15 is 0 Å². The zero-order chi connectivity index (χ0) is 12.3. The van der Waals surface area contributed by atoms with E-state index in [-0.39, 0.29) is 12.4 Å². The van der Waals surface area contributed by atoms with Gasteiger partial charge in [0.1, 0.15) is 18.2 Å².